The van der Waals surface area contributed by atoms with E-state index in [2.05, 4.69) is 4.90 Å². The Morgan fingerprint density at radius 1 is 0.920 bits per heavy atom. The fourth-order valence-electron chi connectivity index (χ4n) is 3.83. The average Bonchev–Trinajstić information content (AvgIpc) is 3.19. The number of carbonyl (C=O) groups is 2. The summed E-state index contributed by atoms with van der Waals surface area (Å²) in [5.41, 5.74) is 2.06. The Balaban J connectivity index is 1.45. The van der Waals surface area contributed by atoms with E-state index < -0.39 is 0 Å². The molecular formula is C20H19FN2O2. The maximum atomic E-state index is 13.1. The molecule has 1 fully saturated rings. The normalized spacial score (nSPS) is 20.4. The van der Waals surface area contributed by atoms with Crippen LogP contribution in [0.4, 0.5) is 4.39 Å². The van der Waals surface area contributed by atoms with Gasteiger partial charge < -0.3 is 0 Å². The van der Waals surface area contributed by atoms with Crippen molar-refractivity contribution in [1.29, 1.82) is 0 Å². The molecular weight excluding hydrogens is 319 g/mol. The standard InChI is InChI=1S/C20H19FN2O2/c21-15-9-7-14(8-10-15)18-6-3-11-22(18)12-13-23-19(24)16-4-1-2-5-17(16)20(23)25/h1-2,4-5,7-10,18H,3,6,11-13H2/t18-/m0/s1. The summed E-state index contributed by atoms with van der Waals surface area (Å²) < 4.78 is 13.1. The van der Waals surface area contributed by atoms with Gasteiger partial charge in [0.05, 0.1) is 11.1 Å². The van der Waals surface area contributed by atoms with Crippen LogP contribution in [-0.2, 0) is 0 Å². The summed E-state index contributed by atoms with van der Waals surface area (Å²) in [4.78, 5) is 28.5. The molecule has 0 saturated carbocycles. The van der Waals surface area contributed by atoms with E-state index in [4.69, 9.17) is 0 Å². The predicted octanol–water partition coefficient (Wildman–Crippen LogP) is 3.26. The molecule has 2 heterocycles. The zero-order chi connectivity index (χ0) is 17.4. The lowest BCUT2D eigenvalue weighted by Crippen LogP contribution is -2.38. The molecule has 4 rings (SSSR count). The van der Waals surface area contributed by atoms with Gasteiger partial charge in [0.2, 0.25) is 0 Å². The zero-order valence-corrected chi connectivity index (χ0v) is 13.8. The van der Waals surface area contributed by atoms with Gasteiger partial charge in [-0.2, -0.15) is 0 Å². The highest BCUT2D eigenvalue weighted by Crippen LogP contribution is 2.32. The van der Waals surface area contributed by atoms with Gasteiger partial charge in [0.15, 0.2) is 0 Å². The minimum atomic E-state index is -0.237. The van der Waals surface area contributed by atoms with E-state index in [1.165, 1.54) is 17.0 Å². The SMILES string of the molecule is O=C1c2ccccc2C(=O)N1CCN1CCC[C@H]1c1ccc(F)cc1. The van der Waals surface area contributed by atoms with Gasteiger partial charge in [0.25, 0.3) is 11.8 Å². The van der Waals surface area contributed by atoms with E-state index in [0.29, 0.717) is 24.2 Å². The quantitative estimate of drug-likeness (QED) is 0.804. The van der Waals surface area contributed by atoms with Crippen LogP contribution in [0.25, 0.3) is 0 Å². The third-order valence-electron chi connectivity index (χ3n) is 5.11. The molecule has 0 N–H and O–H groups in total. The summed E-state index contributed by atoms with van der Waals surface area (Å²) >= 11 is 0. The first-order valence-corrected chi connectivity index (χ1v) is 8.60. The minimum absolute atomic E-state index is 0.210. The van der Waals surface area contributed by atoms with E-state index in [0.717, 1.165) is 24.9 Å². The van der Waals surface area contributed by atoms with Crippen molar-refractivity contribution in [3.63, 3.8) is 0 Å². The number of halogens is 1. The van der Waals surface area contributed by atoms with Gasteiger partial charge in [-0.1, -0.05) is 24.3 Å². The fourth-order valence-corrected chi connectivity index (χ4v) is 3.83. The first-order valence-electron chi connectivity index (χ1n) is 8.60. The lowest BCUT2D eigenvalue weighted by molar-refractivity contribution is 0.0633. The maximum absolute atomic E-state index is 13.1. The van der Waals surface area contributed by atoms with Crippen molar-refractivity contribution in [2.75, 3.05) is 19.6 Å². The van der Waals surface area contributed by atoms with Crippen molar-refractivity contribution in [3.05, 3.63) is 71.0 Å². The second-order valence-electron chi connectivity index (χ2n) is 6.55. The molecule has 1 saturated heterocycles. The number of rotatable bonds is 4. The number of hydrogen-bond donors (Lipinski definition) is 0. The molecule has 2 aliphatic heterocycles. The summed E-state index contributed by atoms with van der Waals surface area (Å²) in [5.74, 6) is -0.657. The molecule has 0 aliphatic carbocycles. The van der Waals surface area contributed by atoms with Gasteiger partial charge >= 0.3 is 0 Å². The molecule has 2 amide bonds. The lowest BCUT2D eigenvalue weighted by Gasteiger charge is -2.26. The van der Waals surface area contributed by atoms with E-state index in [-0.39, 0.29) is 23.7 Å². The first kappa shape index (κ1) is 16.0. The predicted molar refractivity (Wildman–Crippen MR) is 91.8 cm³/mol. The first-order chi connectivity index (χ1) is 12.1. The third-order valence-corrected chi connectivity index (χ3v) is 5.11. The van der Waals surface area contributed by atoms with Crippen molar-refractivity contribution in [2.24, 2.45) is 0 Å². The molecule has 2 aliphatic rings. The number of likely N-dealkylation sites (tertiary alicyclic amines) is 1. The van der Waals surface area contributed by atoms with Gasteiger partial charge in [-0.25, -0.2) is 4.39 Å². The van der Waals surface area contributed by atoms with Crippen LogP contribution in [0.3, 0.4) is 0 Å². The number of imide groups is 1. The van der Waals surface area contributed by atoms with Crippen molar-refractivity contribution >= 4 is 11.8 Å². The largest absolute Gasteiger partial charge is 0.295 e. The molecule has 0 spiro atoms. The molecule has 0 bridgehead atoms. The van der Waals surface area contributed by atoms with Crippen LogP contribution in [-0.4, -0.2) is 41.2 Å². The topological polar surface area (TPSA) is 40.6 Å². The Kier molecular flexibility index (Phi) is 4.09. The number of nitrogens with zero attached hydrogens (tertiary/aromatic N) is 2. The monoisotopic (exact) mass is 338 g/mol. The average molecular weight is 338 g/mol. The van der Waals surface area contributed by atoms with E-state index in [9.17, 15) is 14.0 Å². The van der Waals surface area contributed by atoms with Crippen molar-refractivity contribution in [3.8, 4) is 0 Å². The van der Waals surface area contributed by atoms with E-state index in [1.807, 2.05) is 12.1 Å². The van der Waals surface area contributed by atoms with Gasteiger partial charge in [-0.15, -0.1) is 0 Å². The van der Waals surface area contributed by atoms with Gasteiger partial charge in [-0.3, -0.25) is 19.4 Å². The Morgan fingerprint density at radius 3 is 2.20 bits per heavy atom. The summed E-state index contributed by atoms with van der Waals surface area (Å²) in [6, 6.07) is 13.8. The molecule has 4 nitrogen and oxygen atoms in total. The fraction of sp³-hybridized carbons (Fsp3) is 0.300. The molecule has 128 valence electrons. The molecule has 25 heavy (non-hydrogen) atoms. The smallest absolute Gasteiger partial charge is 0.261 e. The van der Waals surface area contributed by atoms with Crippen LogP contribution in [0, 0.1) is 5.82 Å². The van der Waals surface area contributed by atoms with E-state index in [1.54, 1.807) is 24.3 Å². The maximum Gasteiger partial charge on any atom is 0.261 e. The van der Waals surface area contributed by atoms with Crippen LogP contribution >= 0.6 is 0 Å². The molecule has 2 aromatic rings. The van der Waals surface area contributed by atoms with Crippen LogP contribution < -0.4 is 0 Å². The summed E-state index contributed by atoms with van der Waals surface area (Å²) in [6.45, 7) is 1.93. The van der Waals surface area contributed by atoms with Crippen molar-refractivity contribution in [2.45, 2.75) is 18.9 Å². The lowest BCUT2D eigenvalue weighted by atomic mass is 10.0. The molecule has 2 aromatic carbocycles. The second kappa shape index (κ2) is 6.41. The Labute approximate surface area is 145 Å². The van der Waals surface area contributed by atoms with Crippen LogP contribution in [0.1, 0.15) is 45.2 Å². The molecule has 0 aromatic heterocycles. The summed E-state index contributed by atoms with van der Waals surface area (Å²) in [6.07, 6.45) is 2.07. The third kappa shape index (κ3) is 2.85. The van der Waals surface area contributed by atoms with Crippen LogP contribution in [0.15, 0.2) is 48.5 Å². The van der Waals surface area contributed by atoms with Gasteiger partial charge in [-0.05, 0) is 49.2 Å². The molecule has 5 heteroatoms. The van der Waals surface area contributed by atoms with Crippen molar-refractivity contribution in [1.82, 2.24) is 9.80 Å². The minimum Gasteiger partial charge on any atom is -0.295 e. The summed E-state index contributed by atoms with van der Waals surface area (Å²) in [7, 11) is 0. The van der Waals surface area contributed by atoms with Crippen LogP contribution in [0.5, 0.6) is 0 Å². The second-order valence-corrected chi connectivity index (χ2v) is 6.55. The Morgan fingerprint density at radius 2 is 1.56 bits per heavy atom. The Hall–Kier alpha value is -2.53. The summed E-state index contributed by atoms with van der Waals surface area (Å²) in [5, 5.41) is 0. The zero-order valence-electron chi connectivity index (χ0n) is 13.8. The number of carbonyl (C=O) groups excluding carboxylic acids is 2. The van der Waals surface area contributed by atoms with E-state index >= 15 is 0 Å². The highest BCUT2D eigenvalue weighted by Gasteiger charge is 2.36. The number of hydrogen-bond acceptors (Lipinski definition) is 3. The van der Waals surface area contributed by atoms with Crippen LogP contribution in [0.2, 0.25) is 0 Å². The Bertz CT molecular complexity index is 784. The van der Waals surface area contributed by atoms with Gasteiger partial charge in [0, 0.05) is 19.1 Å². The molecule has 0 radical (unpaired) electrons. The molecule has 1 atom stereocenters. The number of benzene rings is 2. The van der Waals surface area contributed by atoms with Crippen molar-refractivity contribution < 1.29 is 14.0 Å². The van der Waals surface area contributed by atoms with Gasteiger partial charge in [0.1, 0.15) is 5.82 Å². The number of fused-ring (bicyclic) bond motifs is 1. The highest BCUT2D eigenvalue weighted by molar-refractivity contribution is 6.21. The highest BCUT2D eigenvalue weighted by atomic mass is 19.1. The molecule has 0 unspecified atom stereocenters. The number of amides is 2.